The first-order valence-corrected chi connectivity index (χ1v) is 15.0. The van der Waals surface area contributed by atoms with E-state index in [2.05, 4.69) is 0 Å². The van der Waals surface area contributed by atoms with Gasteiger partial charge in [0.2, 0.25) is 0 Å². The lowest BCUT2D eigenvalue weighted by Crippen LogP contribution is -2.34. The van der Waals surface area contributed by atoms with Gasteiger partial charge in [-0.25, -0.2) is 0 Å². The number of aliphatic carboxylic acids is 2. The van der Waals surface area contributed by atoms with Crippen molar-refractivity contribution in [3.8, 4) is 0 Å². The Morgan fingerprint density at radius 1 is 0.737 bits per heavy atom. The molecular weight excluding hydrogens is 488 g/mol. The molecule has 8 nitrogen and oxygen atoms in total. The Kier molecular flexibility index (Phi) is 22.8. The van der Waals surface area contributed by atoms with Gasteiger partial charge in [0.1, 0.15) is 0 Å². The van der Waals surface area contributed by atoms with Crippen LogP contribution in [0, 0.1) is 35.5 Å². The third-order valence-corrected chi connectivity index (χ3v) is 7.28. The monoisotopic (exact) mass is 544 g/mol. The topological polar surface area (TPSA) is 127 Å². The van der Waals surface area contributed by atoms with E-state index in [-0.39, 0.29) is 25.0 Å². The van der Waals surface area contributed by atoms with Crippen molar-refractivity contribution >= 4 is 23.9 Å². The molecule has 1 aliphatic carbocycles. The summed E-state index contributed by atoms with van der Waals surface area (Å²) < 4.78 is 11.1. The minimum absolute atomic E-state index is 0.0706. The number of carbonyl (C=O) groups is 4. The predicted molar refractivity (Wildman–Crippen MR) is 150 cm³/mol. The molecule has 1 saturated carbocycles. The van der Waals surface area contributed by atoms with Gasteiger partial charge in [-0.3, -0.25) is 19.2 Å². The summed E-state index contributed by atoms with van der Waals surface area (Å²) in [6.07, 6.45) is 6.53. The first-order valence-electron chi connectivity index (χ1n) is 15.0. The highest BCUT2D eigenvalue weighted by Crippen LogP contribution is 2.32. The Morgan fingerprint density at radius 3 is 1.66 bits per heavy atom. The second-order valence-electron chi connectivity index (χ2n) is 9.63. The fraction of sp³-hybridized carbons (Fsp3) is 0.867. The van der Waals surface area contributed by atoms with Gasteiger partial charge in [-0.05, 0) is 43.9 Å². The fourth-order valence-corrected chi connectivity index (χ4v) is 4.92. The average Bonchev–Trinajstić information content (AvgIpc) is 2.94. The summed E-state index contributed by atoms with van der Waals surface area (Å²) in [7, 11) is 0. The molecule has 224 valence electrons. The standard InChI is InChI=1S/C26H44O8.2C2H6/c1-5-11-21(19(8-4)23(27)28)25(31)33-15-17(6-2)14-18(7-3)16-34-26(32)22-13-10-9-12-20(22)24(29)30;2*1-2/h17-22H,5-16H2,1-4H3,(H,27,28)(H,29,30);2*1-2H3. The Hall–Kier alpha value is -2.12. The molecule has 2 N–H and O–H groups in total. The van der Waals surface area contributed by atoms with Gasteiger partial charge < -0.3 is 19.7 Å². The lowest BCUT2D eigenvalue weighted by molar-refractivity contribution is -0.161. The molecule has 38 heavy (non-hydrogen) atoms. The Bertz CT molecular complexity index is 663. The van der Waals surface area contributed by atoms with E-state index in [1.165, 1.54) is 0 Å². The largest absolute Gasteiger partial charge is 0.481 e. The van der Waals surface area contributed by atoms with Crippen LogP contribution in [0.15, 0.2) is 0 Å². The van der Waals surface area contributed by atoms with Gasteiger partial charge in [0.15, 0.2) is 0 Å². The van der Waals surface area contributed by atoms with Crippen molar-refractivity contribution in [3.63, 3.8) is 0 Å². The second-order valence-corrected chi connectivity index (χ2v) is 9.63. The zero-order valence-electron chi connectivity index (χ0n) is 25.3. The number of rotatable bonds is 16. The molecule has 0 bridgehead atoms. The van der Waals surface area contributed by atoms with Crippen LogP contribution in [0.5, 0.6) is 0 Å². The van der Waals surface area contributed by atoms with Gasteiger partial charge in [0, 0.05) is 0 Å². The maximum atomic E-state index is 12.7. The van der Waals surface area contributed by atoms with Crippen LogP contribution in [-0.4, -0.2) is 47.3 Å². The lowest BCUT2D eigenvalue weighted by Gasteiger charge is -2.28. The molecule has 1 fully saturated rings. The molecule has 0 spiro atoms. The number of carboxylic acid groups (broad SMARTS) is 2. The summed E-state index contributed by atoms with van der Waals surface area (Å²) in [5.74, 6) is -5.28. The van der Waals surface area contributed by atoms with Gasteiger partial charge >= 0.3 is 23.9 Å². The minimum Gasteiger partial charge on any atom is -0.481 e. The minimum atomic E-state index is -0.971. The molecular formula is C30H56O8. The van der Waals surface area contributed by atoms with Crippen molar-refractivity contribution in [1.82, 2.24) is 0 Å². The number of esters is 2. The molecule has 6 atom stereocenters. The van der Waals surface area contributed by atoms with E-state index >= 15 is 0 Å². The molecule has 0 aromatic heterocycles. The van der Waals surface area contributed by atoms with Crippen LogP contribution in [0.1, 0.15) is 120 Å². The van der Waals surface area contributed by atoms with Crippen molar-refractivity contribution in [2.45, 2.75) is 120 Å². The van der Waals surface area contributed by atoms with Crippen LogP contribution < -0.4 is 0 Å². The second kappa shape index (κ2) is 22.8. The molecule has 1 aliphatic rings. The summed E-state index contributed by atoms with van der Waals surface area (Å²) in [4.78, 5) is 48.3. The number of hydrogen-bond donors (Lipinski definition) is 2. The summed E-state index contributed by atoms with van der Waals surface area (Å²) in [6, 6.07) is 0. The van der Waals surface area contributed by atoms with Crippen LogP contribution in [0.3, 0.4) is 0 Å². The van der Waals surface area contributed by atoms with E-state index < -0.39 is 47.5 Å². The van der Waals surface area contributed by atoms with E-state index in [0.717, 1.165) is 25.7 Å². The number of carbonyl (C=O) groups excluding carboxylic acids is 2. The summed E-state index contributed by atoms with van der Waals surface area (Å²) in [5.41, 5.74) is 0. The van der Waals surface area contributed by atoms with Gasteiger partial charge in [-0.2, -0.15) is 0 Å². The molecule has 0 aromatic rings. The van der Waals surface area contributed by atoms with Gasteiger partial charge in [0.05, 0.1) is 36.9 Å². The summed E-state index contributed by atoms with van der Waals surface area (Å²) in [6.45, 7) is 16.1. The SMILES string of the molecule is CC.CC.CCCC(C(=O)OCC(CC)CC(CC)COC(=O)C1CCCCC1C(=O)O)C(CC)C(=O)O. The number of carboxylic acids is 2. The summed E-state index contributed by atoms with van der Waals surface area (Å²) >= 11 is 0. The van der Waals surface area contributed by atoms with E-state index in [9.17, 15) is 29.4 Å². The van der Waals surface area contributed by atoms with Crippen LogP contribution >= 0.6 is 0 Å². The van der Waals surface area contributed by atoms with Crippen LogP contribution in [-0.2, 0) is 28.7 Å². The highest BCUT2D eigenvalue weighted by atomic mass is 16.5. The van der Waals surface area contributed by atoms with Gasteiger partial charge in [-0.15, -0.1) is 0 Å². The highest BCUT2D eigenvalue weighted by molar-refractivity contribution is 5.81. The molecule has 0 saturated heterocycles. The molecule has 6 unspecified atom stereocenters. The summed E-state index contributed by atoms with van der Waals surface area (Å²) in [5, 5.41) is 18.9. The Balaban J connectivity index is 0. The van der Waals surface area contributed by atoms with Crippen LogP contribution in [0.25, 0.3) is 0 Å². The van der Waals surface area contributed by atoms with Crippen molar-refractivity contribution in [3.05, 3.63) is 0 Å². The smallest absolute Gasteiger partial charge is 0.309 e. The van der Waals surface area contributed by atoms with Crippen LogP contribution in [0.4, 0.5) is 0 Å². The molecule has 0 aromatic carbocycles. The predicted octanol–water partition coefficient (Wildman–Crippen LogP) is 6.99. The third kappa shape index (κ3) is 13.6. The highest BCUT2D eigenvalue weighted by Gasteiger charge is 2.37. The van der Waals surface area contributed by atoms with Gasteiger partial charge in [0.25, 0.3) is 0 Å². The van der Waals surface area contributed by atoms with Crippen molar-refractivity contribution in [2.75, 3.05) is 13.2 Å². The first-order chi connectivity index (χ1) is 18.2. The Labute approximate surface area is 231 Å². The van der Waals surface area contributed by atoms with Gasteiger partial charge in [-0.1, -0.05) is 87.5 Å². The molecule has 1 rings (SSSR count). The normalized spacial score (nSPS) is 19.7. The zero-order chi connectivity index (χ0) is 29.7. The molecule has 0 radical (unpaired) electrons. The van der Waals surface area contributed by atoms with Crippen molar-refractivity contribution in [2.24, 2.45) is 35.5 Å². The lowest BCUT2D eigenvalue weighted by atomic mass is 9.79. The molecule has 0 amide bonds. The van der Waals surface area contributed by atoms with Crippen molar-refractivity contribution in [1.29, 1.82) is 0 Å². The number of hydrogen-bond acceptors (Lipinski definition) is 6. The average molecular weight is 545 g/mol. The molecule has 0 heterocycles. The molecule has 0 aliphatic heterocycles. The van der Waals surface area contributed by atoms with E-state index in [4.69, 9.17) is 9.47 Å². The van der Waals surface area contributed by atoms with E-state index in [0.29, 0.717) is 38.5 Å². The Morgan fingerprint density at radius 2 is 1.24 bits per heavy atom. The van der Waals surface area contributed by atoms with E-state index in [1.54, 1.807) is 6.92 Å². The maximum absolute atomic E-state index is 12.7. The third-order valence-electron chi connectivity index (χ3n) is 7.28. The zero-order valence-corrected chi connectivity index (χ0v) is 25.3. The maximum Gasteiger partial charge on any atom is 0.309 e. The van der Waals surface area contributed by atoms with E-state index in [1.807, 2.05) is 48.5 Å². The molecule has 8 heteroatoms. The van der Waals surface area contributed by atoms with Crippen molar-refractivity contribution < 1.29 is 38.9 Å². The van der Waals surface area contributed by atoms with Crippen LogP contribution in [0.2, 0.25) is 0 Å². The fourth-order valence-electron chi connectivity index (χ4n) is 4.92. The number of ether oxygens (including phenoxy) is 2. The first kappa shape index (κ1) is 38.0. The quantitative estimate of drug-likeness (QED) is 0.199.